The summed E-state index contributed by atoms with van der Waals surface area (Å²) in [7, 11) is 0. The summed E-state index contributed by atoms with van der Waals surface area (Å²) < 4.78 is 15.1. The Hall–Kier alpha value is -1.42. The molecule has 16 heavy (non-hydrogen) atoms. The molecule has 3 rings (SSSR count). The van der Waals surface area contributed by atoms with Crippen molar-refractivity contribution in [2.75, 3.05) is 0 Å². The van der Waals surface area contributed by atoms with Gasteiger partial charge in [-0.05, 0) is 37.8 Å². The molecule has 0 amide bonds. The summed E-state index contributed by atoms with van der Waals surface area (Å²) in [4.78, 5) is 4.28. The van der Waals surface area contributed by atoms with Crippen molar-refractivity contribution in [3.63, 3.8) is 0 Å². The summed E-state index contributed by atoms with van der Waals surface area (Å²) in [6, 6.07) is 3.11. The van der Waals surface area contributed by atoms with Crippen molar-refractivity contribution in [3.8, 4) is 0 Å². The van der Waals surface area contributed by atoms with Gasteiger partial charge in [-0.3, -0.25) is 0 Å². The van der Waals surface area contributed by atoms with Crippen molar-refractivity contribution >= 4 is 5.65 Å². The number of halogens is 1. The summed E-state index contributed by atoms with van der Waals surface area (Å²) in [5, 5.41) is 0. The Morgan fingerprint density at radius 3 is 3.00 bits per heavy atom. The highest BCUT2D eigenvalue weighted by Gasteiger charge is 2.37. The minimum Gasteiger partial charge on any atom is -0.325 e. The number of nitrogens with zero attached hydrogens (tertiary/aromatic N) is 2. The molecule has 4 heteroatoms. The summed E-state index contributed by atoms with van der Waals surface area (Å²) in [6.07, 6.45) is 7.67. The lowest BCUT2D eigenvalue weighted by atomic mass is 10.1. The number of imidazole rings is 1. The van der Waals surface area contributed by atoms with Crippen LogP contribution in [0.4, 0.5) is 4.39 Å². The Kier molecular flexibility index (Phi) is 2.01. The molecule has 0 spiro atoms. The van der Waals surface area contributed by atoms with Crippen LogP contribution in [-0.4, -0.2) is 14.9 Å². The van der Waals surface area contributed by atoms with Crippen molar-refractivity contribution < 1.29 is 4.39 Å². The Balaban J connectivity index is 1.85. The van der Waals surface area contributed by atoms with Crippen LogP contribution in [0.5, 0.6) is 0 Å². The predicted molar refractivity (Wildman–Crippen MR) is 59.6 cm³/mol. The largest absolute Gasteiger partial charge is 0.325 e. The zero-order valence-corrected chi connectivity index (χ0v) is 8.99. The average Bonchev–Trinajstić information content (AvgIpc) is 2.84. The van der Waals surface area contributed by atoms with E-state index in [1.807, 2.05) is 12.4 Å². The van der Waals surface area contributed by atoms with Crippen LogP contribution in [0.3, 0.4) is 0 Å². The molecule has 0 radical (unpaired) electrons. The fourth-order valence-electron chi connectivity index (χ4n) is 1.94. The molecular weight excluding hydrogens is 205 g/mol. The lowest BCUT2D eigenvalue weighted by molar-refractivity contribution is 0.604. The van der Waals surface area contributed by atoms with Crippen LogP contribution in [0, 0.1) is 5.82 Å². The van der Waals surface area contributed by atoms with E-state index in [-0.39, 0.29) is 11.4 Å². The molecule has 0 atom stereocenters. The number of nitrogens with two attached hydrogens (primary N) is 1. The van der Waals surface area contributed by atoms with Gasteiger partial charge in [0.05, 0.1) is 5.69 Å². The van der Waals surface area contributed by atoms with Crippen molar-refractivity contribution in [3.05, 3.63) is 36.0 Å². The van der Waals surface area contributed by atoms with Crippen LogP contribution in [0.15, 0.2) is 24.5 Å². The number of aromatic nitrogens is 2. The van der Waals surface area contributed by atoms with Crippen molar-refractivity contribution in [1.82, 2.24) is 9.38 Å². The van der Waals surface area contributed by atoms with Crippen LogP contribution in [0.1, 0.15) is 25.0 Å². The van der Waals surface area contributed by atoms with Crippen LogP contribution in [0.25, 0.3) is 5.65 Å². The lowest BCUT2D eigenvalue weighted by Gasteiger charge is -2.04. The molecule has 2 aromatic heterocycles. The fourth-order valence-corrected chi connectivity index (χ4v) is 1.94. The smallest absolute Gasteiger partial charge is 0.173 e. The molecule has 1 saturated carbocycles. The third kappa shape index (κ3) is 1.69. The number of fused-ring (bicyclic) bond motifs is 1. The molecule has 2 N–H and O–H groups in total. The van der Waals surface area contributed by atoms with Gasteiger partial charge < -0.3 is 10.1 Å². The highest BCUT2D eigenvalue weighted by Crippen LogP contribution is 2.36. The van der Waals surface area contributed by atoms with Crippen molar-refractivity contribution in [1.29, 1.82) is 0 Å². The molecule has 0 saturated heterocycles. The molecular formula is C12H14FN3. The maximum Gasteiger partial charge on any atom is 0.173 e. The standard InChI is InChI=1S/C12H14FN3/c13-10-2-1-7-16-8-9(15-11(10)16)3-4-12(14)5-6-12/h1-2,7-8H,3-6,14H2. The van der Waals surface area contributed by atoms with Gasteiger partial charge in [0.25, 0.3) is 0 Å². The van der Waals surface area contributed by atoms with Crippen molar-refractivity contribution in [2.24, 2.45) is 5.73 Å². The van der Waals surface area contributed by atoms with Gasteiger partial charge in [0.15, 0.2) is 11.5 Å². The third-order valence-corrected chi connectivity index (χ3v) is 3.26. The zero-order valence-electron chi connectivity index (χ0n) is 8.99. The number of aryl methyl sites for hydroxylation is 1. The molecule has 1 aliphatic rings. The SMILES string of the molecule is NC1(CCc2cn3cccc(F)c3n2)CC1. The van der Waals surface area contributed by atoms with E-state index < -0.39 is 0 Å². The monoisotopic (exact) mass is 219 g/mol. The Labute approximate surface area is 93.1 Å². The van der Waals surface area contributed by atoms with E-state index in [0.717, 1.165) is 31.4 Å². The maximum absolute atomic E-state index is 13.4. The van der Waals surface area contributed by atoms with Gasteiger partial charge in [-0.1, -0.05) is 0 Å². The van der Waals surface area contributed by atoms with Gasteiger partial charge in [-0.2, -0.15) is 0 Å². The molecule has 3 nitrogen and oxygen atoms in total. The Morgan fingerprint density at radius 1 is 1.50 bits per heavy atom. The zero-order chi connectivity index (χ0) is 11.2. The highest BCUT2D eigenvalue weighted by molar-refractivity contribution is 5.41. The van der Waals surface area contributed by atoms with E-state index in [1.165, 1.54) is 6.07 Å². The van der Waals surface area contributed by atoms with Gasteiger partial charge in [0.1, 0.15) is 0 Å². The predicted octanol–water partition coefficient (Wildman–Crippen LogP) is 1.90. The van der Waals surface area contributed by atoms with Crippen LogP contribution >= 0.6 is 0 Å². The molecule has 2 heterocycles. The normalized spacial score (nSPS) is 17.9. The number of rotatable bonds is 3. The van der Waals surface area contributed by atoms with E-state index >= 15 is 0 Å². The van der Waals surface area contributed by atoms with Gasteiger partial charge in [-0.15, -0.1) is 0 Å². The first-order valence-electron chi connectivity index (χ1n) is 5.57. The highest BCUT2D eigenvalue weighted by atomic mass is 19.1. The summed E-state index contributed by atoms with van der Waals surface area (Å²) >= 11 is 0. The molecule has 0 bridgehead atoms. The molecule has 2 aromatic rings. The van der Waals surface area contributed by atoms with E-state index in [0.29, 0.717) is 5.65 Å². The summed E-state index contributed by atoms with van der Waals surface area (Å²) in [5.74, 6) is -0.275. The van der Waals surface area contributed by atoms with E-state index in [9.17, 15) is 4.39 Å². The maximum atomic E-state index is 13.4. The summed E-state index contributed by atoms with van der Waals surface area (Å²) in [5.41, 5.74) is 7.37. The minimum atomic E-state index is -0.275. The first kappa shape index (κ1) is 9.78. The van der Waals surface area contributed by atoms with Crippen molar-refractivity contribution in [2.45, 2.75) is 31.2 Å². The molecule has 84 valence electrons. The number of hydrogen-bond donors (Lipinski definition) is 1. The quantitative estimate of drug-likeness (QED) is 0.856. The van der Waals surface area contributed by atoms with E-state index in [2.05, 4.69) is 4.98 Å². The molecule has 0 aliphatic heterocycles. The van der Waals surface area contributed by atoms with E-state index in [4.69, 9.17) is 5.73 Å². The average molecular weight is 219 g/mol. The van der Waals surface area contributed by atoms with Crippen LogP contribution in [-0.2, 0) is 6.42 Å². The molecule has 0 unspecified atom stereocenters. The number of pyridine rings is 1. The second-order valence-electron chi connectivity index (χ2n) is 4.68. The Morgan fingerprint density at radius 2 is 2.31 bits per heavy atom. The van der Waals surface area contributed by atoms with Gasteiger partial charge in [0.2, 0.25) is 0 Å². The number of hydrogen-bond acceptors (Lipinski definition) is 2. The van der Waals surface area contributed by atoms with Gasteiger partial charge in [-0.25, -0.2) is 9.37 Å². The second kappa shape index (κ2) is 3.28. The first-order chi connectivity index (χ1) is 7.66. The minimum absolute atomic E-state index is 0.0361. The van der Waals surface area contributed by atoms with E-state index in [1.54, 1.807) is 10.5 Å². The lowest BCUT2D eigenvalue weighted by Crippen LogP contribution is -2.22. The molecule has 0 aromatic carbocycles. The fraction of sp³-hybridized carbons (Fsp3) is 0.417. The van der Waals surface area contributed by atoms with Crippen LogP contribution in [0.2, 0.25) is 0 Å². The first-order valence-corrected chi connectivity index (χ1v) is 5.57. The van der Waals surface area contributed by atoms with Crippen LogP contribution < -0.4 is 5.73 Å². The van der Waals surface area contributed by atoms with Gasteiger partial charge in [0, 0.05) is 17.9 Å². The molecule has 1 aliphatic carbocycles. The Bertz CT molecular complexity index is 528. The second-order valence-corrected chi connectivity index (χ2v) is 4.68. The van der Waals surface area contributed by atoms with Gasteiger partial charge >= 0.3 is 0 Å². The molecule has 1 fully saturated rings. The summed E-state index contributed by atoms with van der Waals surface area (Å²) in [6.45, 7) is 0. The topological polar surface area (TPSA) is 43.3 Å². The third-order valence-electron chi connectivity index (χ3n) is 3.26.